The van der Waals surface area contributed by atoms with Gasteiger partial charge in [-0.3, -0.25) is 0 Å². The molecule has 2 aromatic carbocycles. The van der Waals surface area contributed by atoms with Crippen molar-refractivity contribution in [3.8, 4) is 11.5 Å². The van der Waals surface area contributed by atoms with Crippen molar-refractivity contribution in [1.82, 2.24) is 10.2 Å². The van der Waals surface area contributed by atoms with E-state index in [1.165, 1.54) is 30.5 Å². The monoisotopic (exact) mass is 464 g/mol. The van der Waals surface area contributed by atoms with E-state index < -0.39 is 0 Å². The van der Waals surface area contributed by atoms with Crippen LogP contribution in [0.25, 0.3) is 0 Å². The minimum atomic E-state index is 0.149. The van der Waals surface area contributed by atoms with E-state index in [-0.39, 0.29) is 6.04 Å². The van der Waals surface area contributed by atoms with Gasteiger partial charge < -0.3 is 15.0 Å². The number of nitrogens with one attached hydrogen (secondary N) is 1. The second-order valence-electron chi connectivity index (χ2n) is 6.80. The third-order valence-electron chi connectivity index (χ3n) is 5.14. The van der Waals surface area contributed by atoms with Gasteiger partial charge in [0.2, 0.25) is 0 Å². The Morgan fingerprint density at radius 3 is 2.32 bits per heavy atom. The van der Waals surface area contributed by atoms with Gasteiger partial charge in [-0.15, -0.1) is 0 Å². The molecule has 3 nitrogen and oxygen atoms in total. The van der Waals surface area contributed by atoms with E-state index in [0.29, 0.717) is 6.04 Å². The van der Waals surface area contributed by atoms with Crippen molar-refractivity contribution < 1.29 is 4.74 Å². The summed E-state index contributed by atoms with van der Waals surface area (Å²) in [6.07, 6.45) is 2.48. The summed E-state index contributed by atoms with van der Waals surface area (Å²) < 4.78 is 8.32. The van der Waals surface area contributed by atoms with Crippen molar-refractivity contribution in [2.24, 2.45) is 0 Å². The van der Waals surface area contributed by atoms with Gasteiger partial charge in [-0.2, -0.15) is 0 Å². The molecule has 1 saturated heterocycles. The van der Waals surface area contributed by atoms with Crippen LogP contribution < -0.4 is 10.1 Å². The maximum atomic E-state index is 6.16. The van der Waals surface area contributed by atoms with E-state index in [9.17, 15) is 0 Å². The highest BCUT2D eigenvalue weighted by Gasteiger charge is 2.30. The third kappa shape index (κ3) is 3.65. The summed E-state index contributed by atoms with van der Waals surface area (Å²) in [7, 11) is 0. The van der Waals surface area contributed by atoms with Gasteiger partial charge in [0.15, 0.2) is 0 Å². The second-order valence-corrected chi connectivity index (χ2v) is 8.63. The van der Waals surface area contributed by atoms with Gasteiger partial charge in [-0.1, -0.05) is 38.8 Å². The van der Waals surface area contributed by atoms with Crippen molar-refractivity contribution in [2.45, 2.75) is 31.8 Å². The normalized spacial score (nSPS) is 20.7. The number of hydrogen-bond donors (Lipinski definition) is 1. The summed E-state index contributed by atoms with van der Waals surface area (Å²) in [5.41, 5.74) is 2.40. The first-order valence-corrected chi connectivity index (χ1v) is 10.5. The molecule has 2 heterocycles. The fraction of sp³-hybridized carbons (Fsp3) is 0.400. The molecule has 0 amide bonds. The van der Waals surface area contributed by atoms with Gasteiger partial charge >= 0.3 is 0 Å². The lowest BCUT2D eigenvalue weighted by Crippen LogP contribution is -2.47. The Kier molecular flexibility index (Phi) is 5.18. The number of halogens is 2. The average molecular weight is 466 g/mol. The predicted octanol–water partition coefficient (Wildman–Crippen LogP) is 5.48. The van der Waals surface area contributed by atoms with Crippen molar-refractivity contribution in [3.63, 3.8) is 0 Å². The Hall–Kier alpha value is -0.880. The number of likely N-dealkylation sites (N-methyl/N-ethyl adjacent to an activating group) is 1. The number of rotatable bonds is 3. The fourth-order valence-electron chi connectivity index (χ4n) is 3.86. The zero-order valence-electron chi connectivity index (χ0n) is 14.3. The maximum absolute atomic E-state index is 6.16. The second kappa shape index (κ2) is 7.39. The molecule has 2 aromatic rings. The largest absolute Gasteiger partial charge is 0.457 e. The molecule has 0 aliphatic carbocycles. The third-order valence-corrected chi connectivity index (χ3v) is 6.13. The van der Waals surface area contributed by atoms with Crippen LogP contribution in [-0.4, -0.2) is 30.6 Å². The molecule has 0 spiro atoms. The lowest BCUT2D eigenvalue weighted by atomic mass is 9.92. The Bertz CT molecular complexity index is 729. The number of piperidine rings is 1. The van der Waals surface area contributed by atoms with Crippen LogP contribution in [0.4, 0.5) is 0 Å². The van der Waals surface area contributed by atoms with E-state index in [1.807, 2.05) is 12.1 Å². The topological polar surface area (TPSA) is 24.5 Å². The Labute approximate surface area is 166 Å². The Morgan fingerprint density at radius 2 is 1.72 bits per heavy atom. The zero-order chi connectivity index (χ0) is 17.4. The molecule has 2 aliphatic rings. The number of ether oxygens (including phenoxy) is 1. The van der Waals surface area contributed by atoms with Crippen LogP contribution in [0.5, 0.6) is 11.5 Å². The molecule has 0 saturated carbocycles. The van der Waals surface area contributed by atoms with Gasteiger partial charge in [0.05, 0.1) is 6.04 Å². The first kappa shape index (κ1) is 17.5. The molecule has 1 unspecified atom stereocenters. The smallest absolute Gasteiger partial charge is 0.132 e. The molecule has 1 atom stereocenters. The summed E-state index contributed by atoms with van der Waals surface area (Å²) in [6, 6.07) is 13.2. The highest BCUT2D eigenvalue weighted by Crippen LogP contribution is 2.45. The molecule has 25 heavy (non-hydrogen) atoms. The van der Waals surface area contributed by atoms with Gasteiger partial charge in [0.1, 0.15) is 11.5 Å². The van der Waals surface area contributed by atoms with E-state index in [2.05, 4.69) is 73.3 Å². The summed E-state index contributed by atoms with van der Waals surface area (Å²) in [5.74, 6) is 1.89. The lowest BCUT2D eigenvalue weighted by molar-refractivity contribution is 0.192. The van der Waals surface area contributed by atoms with E-state index >= 15 is 0 Å². The molecule has 1 N–H and O–H groups in total. The van der Waals surface area contributed by atoms with Crippen LogP contribution in [0.2, 0.25) is 0 Å². The average Bonchev–Trinajstić information content (AvgIpc) is 2.62. The number of benzene rings is 2. The van der Waals surface area contributed by atoms with E-state index in [4.69, 9.17) is 4.74 Å². The fourth-order valence-corrected chi connectivity index (χ4v) is 4.61. The summed E-state index contributed by atoms with van der Waals surface area (Å²) in [6.45, 7) is 5.69. The molecular formula is C20H22Br2N2O. The number of nitrogens with zero attached hydrogens (tertiary/aromatic N) is 1. The van der Waals surface area contributed by atoms with Crippen molar-refractivity contribution in [3.05, 3.63) is 56.5 Å². The maximum Gasteiger partial charge on any atom is 0.132 e. The minimum Gasteiger partial charge on any atom is -0.457 e. The first-order valence-electron chi connectivity index (χ1n) is 8.89. The van der Waals surface area contributed by atoms with Gasteiger partial charge in [0.25, 0.3) is 0 Å². The van der Waals surface area contributed by atoms with Crippen molar-refractivity contribution in [2.75, 3.05) is 19.6 Å². The summed E-state index contributed by atoms with van der Waals surface area (Å²) in [4.78, 5) is 2.53. The number of likely N-dealkylation sites (tertiary alicyclic amines) is 1. The molecule has 132 valence electrons. The molecule has 1 fully saturated rings. The molecule has 5 heteroatoms. The van der Waals surface area contributed by atoms with Crippen molar-refractivity contribution >= 4 is 31.9 Å². The van der Waals surface area contributed by atoms with Gasteiger partial charge in [0, 0.05) is 32.7 Å². The molecule has 2 aliphatic heterocycles. The van der Waals surface area contributed by atoms with Crippen LogP contribution >= 0.6 is 31.9 Å². The van der Waals surface area contributed by atoms with Crippen molar-refractivity contribution in [1.29, 1.82) is 0 Å². The molecule has 4 rings (SSSR count). The van der Waals surface area contributed by atoms with Crippen LogP contribution in [0.3, 0.4) is 0 Å². The quantitative estimate of drug-likeness (QED) is 0.649. The lowest BCUT2D eigenvalue weighted by Gasteiger charge is -2.37. The minimum absolute atomic E-state index is 0.149. The highest BCUT2D eigenvalue weighted by molar-refractivity contribution is 9.10. The van der Waals surface area contributed by atoms with E-state index in [1.54, 1.807) is 0 Å². The van der Waals surface area contributed by atoms with Gasteiger partial charge in [-0.05, 0) is 62.3 Å². The van der Waals surface area contributed by atoms with Crippen LogP contribution in [0.1, 0.15) is 36.9 Å². The predicted molar refractivity (Wildman–Crippen MR) is 108 cm³/mol. The number of hydrogen-bond acceptors (Lipinski definition) is 3. The number of fused-ring (bicyclic) bond motifs is 2. The molecule has 0 bridgehead atoms. The zero-order valence-corrected chi connectivity index (χ0v) is 17.4. The summed E-state index contributed by atoms with van der Waals surface area (Å²) >= 11 is 7.23. The molecular weight excluding hydrogens is 444 g/mol. The first-order chi connectivity index (χ1) is 12.1. The van der Waals surface area contributed by atoms with Crippen LogP contribution in [-0.2, 0) is 0 Å². The highest BCUT2D eigenvalue weighted by atomic mass is 79.9. The standard InChI is InChI=1S/C20H22Br2N2O/c1-2-24-9-3-4-15(12-24)23-20-16-10-13(21)5-7-18(16)25-19-8-6-14(22)11-17(19)20/h5-8,10-11,15,20,23H,2-4,9,12H2,1H3. The Balaban J connectivity index is 1.70. The van der Waals surface area contributed by atoms with Crippen LogP contribution in [0, 0.1) is 0 Å². The molecule has 0 aromatic heterocycles. The van der Waals surface area contributed by atoms with Crippen LogP contribution in [0.15, 0.2) is 45.3 Å². The summed E-state index contributed by atoms with van der Waals surface area (Å²) in [5, 5.41) is 3.93. The Morgan fingerprint density at radius 1 is 1.08 bits per heavy atom. The SMILES string of the molecule is CCN1CCCC(NC2c3cc(Br)ccc3Oc3ccc(Br)cc32)C1. The molecule has 0 radical (unpaired) electrons. The van der Waals surface area contributed by atoms with E-state index in [0.717, 1.165) is 33.5 Å². The van der Waals surface area contributed by atoms with Gasteiger partial charge in [-0.25, -0.2) is 0 Å².